The van der Waals surface area contributed by atoms with Gasteiger partial charge in [0.15, 0.2) is 0 Å². The highest BCUT2D eigenvalue weighted by molar-refractivity contribution is 5.88. The van der Waals surface area contributed by atoms with Gasteiger partial charge in [-0.25, -0.2) is 14.6 Å². The highest BCUT2D eigenvalue weighted by Gasteiger charge is 2.26. The van der Waals surface area contributed by atoms with Crippen LogP contribution in [0.2, 0.25) is 0 Å². The lowest BCUT2D eigenvalue weighted by atomic mass is 10.0. The molecule has 0 radical (unpaired) electrons. The number of carboxylic acid groups (broad SMARTS) is 1. The molecule has 0 atom stereocenters. The van der Waals surface area contributed by atoms with Gasteiger partial charge in [0.25, 0.3) is 0 Å². The number of carboxylic acids is 1. The fourth-order valence-corrected chi connectivity index (χ4v) is 2.80. The molecule has 25 heavy (non-hydrogen) atoms. The van der Waals surface area contributed by atoms with Gasteiger partial charge < -0.3 is 14.7 Å². The average molecular weight is 343 g/mol. The molecule has 3 heterocycles. The van der Waals surface area contributed by atoms with Crippen molar-refractivity contribution >= 4 is 23.2 Å². The molecule has 0 saturated heterocycles. The number of pyridine rings is 1. The zero-order valence-corrected chi connectivity index (χ0v) is 14.5. The Morgan fingerprint density at radius 2 is 2.04 bits per heavy atom. The zero-order chi connectivity index (χ0) is 18.2. The maximum Gasteiger partial charge on any atom is 0.410 e. The van der Waals surface area contributed by atoms with E-state index in [0.29, 0.717) is 25.2 Å². The summed E-state index contributed by atoms with van der Waals surface area (Å²) in [7, 11) is 0. The van der Waals surface area contributed by atoms with Crippen molar-refractivity contribution in [1.29, 1.82) is 0 Å². The van der Waals surface area contributed by atoms with Crippen molar-refractivity contribution in [3.8, 4) is 0 Å². The average Bonchev–Trinajstić information content (AvgIpc) is 2.93. The van der Waals surface area contributed by atoms with Crippen molar-refractivity contribution in [1.82, 2.24) is 14.3 Å². The number of imidazole rings is 1. The van der Waals surface area contributed by atoms with Crippen LogP contribution in [-0.2, 0) is 4.74 Å². The Labute approximate surface area is 145 Å². The number of aromatic nitrogens is 2. The molecular formula is C18H21N3O4. The topological polar surface area (TPSA) is 84.1 Å². The first-order chi connectivity index (χ1) is 11.8. The summed E-state index contributed by atoms with van der Waals surface area (Å²) in [6.45, 7) is 6.43. The maximum atomic E-state index is 12.1. The SMILES string of the molecule is CC(C)(C)OC(=O)N1CC=C(c2nc(C(=O)O)n3ccccc23)CC1. The van der Waals surface area contributed by atoms with Crippen molar-refractivity contribution in [3.05, 3.63) is 42.0 Å². The Morgan fingerprint density at radius 3 is 2.64 bits per heavy atom. The van der Waals surface area contributed by atoms with Crippen LogP contribution in [0, 0.1) is 0 Å². The second-order valence-corrected chi connectivity index (χ2v) is 6.95. The Hall–Kier alpha value is -2.83. The standard InChI is InChI=1S/C18H21N3O4/c1-18(2,3)25-17(24)20-10-7-12(8-11-20)14-13-6-4-5-9-21(13)15(19-14)16(22)23/h4-7,9H,8,10-11H2,1-3H3,(H,22,23). The van der Waals surface area contributed by atoms with E-state index < -0.39 is 11.6 Å². The minimum Gasteiger partial charge on any atom is -0.475 e. The maximum absolute atomic E-state index is 12.1. The lowest BCUT2D eigenvalue weighted by Crippen LogP contribution is -2.39. The molecule has 3 rings (SSSR count). The van der Waals surface area contributed by atoms with Crippen molar-refractivity contribution in [2.24, 2.45) is 0 Å². The van der Waals surface area contributed by atoms with Crippen LogP contribution in [0.5, 0.6) is 0 Å². The molecule has 2 aromatic heterocycles. The number of hydrogen-bond acceptors (Lipinski definition) is 4. The van der Waals surface area contributed by atoms with Crippen LogP contribution in [0.4, 0.5) is 4.79 Å². The first-order valence-corrected chi connectivity index (χ1v) is 8.14. The van der Waals surface area contributed by atoms with E-state index in [1.54, 1.807) is 21.6 Å². The molecule has 132 valence electrons. The second-order valence-electron chi connectivity index (χ2n) is 6.95. The molecule has 0 aromatic carbocycles. The van der Waals surface area contributed by atoms with E-state index in [4.69, 9.17) is 4.74 Å². The minimum absolute atomic E-state index is 0.0129. The van der Waals surface area contributed by atoms with Gasteiger partial charge in [-0.3, -0.25) is 4.40 Å². The molecule has 0 fully saturated rings. The molecule has 1 aliphatic heterocycles. The van der Waals surface area contributed by atoms with Crippen LogP contribution < -0.4 is 0 Å². The molecule has 7 nitrogen and oxygen atoms in total. The number of carbonyl (C=O) groups excluding carboxylic acids is 1. The fraction of sp³-hybridized carbons (Fsp3) is 0.389. The third-order valence-corrected chi connectivity index (χ3v) is 3.90. The summed E-state index contributed by atoms with van der Waals surface area (Å²) < 4.78 is 6.95. The summed E-state index contributed by atoms with van der Waals surface area (Å²) in [5, 5.41) is 9.35. The predicted octanol–water partition coefficient (Wildman–Crippen LogP) is 3.06. The highest BCUT2D eigenvalue weighted by atomic mass is 16.6. The van der Waals surface area contributed by atoms with E-state index in [1.165, 1.54) is 0 Å². The van der Waals surface area contributed by atoms with Crippen LogP contribution in [0.1, 0.15) is 43.5 Å². The highest BCUT2D eigenvalue weighted by Crippen LogP contribution is 2.27. The predicted molar refractivity (Wildman–Crippen MR) is 92.6 cm³/mol. The second kappa shape index (κ2) is 6.23. The Kier molecular flexibility index (Phi) is 4.24. The monoisotopic (exact) mass is 343 g/mol. The lowest BCUT2D eigenvalue weighted by molar-refractivity contribution is 0.0270. The van der Waals surface area contributed by atoms with Gasteiger partial charge in [-0.1, -0.05) is 12.1 Å². The summed E-state index contributed by atoms with van der Waals surface area (Å²) in [5.41, 5.74) is 1.81. The van der Waals surface area contributed by atoms with Gasteiger partial charge in [-0.2, -0.15) is 0 Å². The largest absolute Gasteiger partial charge is 0.475 e. The molecule has 1 N–H and O–H groups in total. The third-order valence-electron chi connectivity index (χ3n) is 3.90. The number of nitrogens with zero attached hydrogens (tertiary/aromatic N) is 3. The molecule has 1 aliphatic rings. The Balaban J connectivity index is 1.86. The number of carbonyl (C=O) groups is 2. The van der Waals surface area contributed by atoms with E-state index in [0.717, 1.165) is 11.1 Å². The minimum atomic E-state index is -1.07. The number of ether oxygens (including phenoxy) is 1. The summed E-state index contributed by atoms with van der Waals surface area (Å²) in [4.78, 5) is 29.5. The van der Waals surface area contributed by atoms with Crippen LogP contribution in [0.15, 0.2) is 30.5 Å². The van der Waals surface area contributed by atoms with Crippen molar-refractivity contribution in [3.63, 3.8) is 0 Å². The van der Waals surface area contributed by atoms with E-state index in [9.17, 15) is 14.7 Å². The van der Waals surface area contributed by atoms with Crippen molar-refractivity contribution in [2.75, 3.05) is 13.1 Å². The number of hydrogen-bond donors (Lipinski definition) is 1. The van der Waals surface area contributed by atoms with Crippen LogP contribution >= 0.6 is 0 Å². The van der Waals surface area contributed by atoms with E-state index in [2.05, 4.69) is 4.98 Å². The molecule has 0 spiro atoms. The third kappa shape index (κ3) is 3.50. The quantitative estimate of drug-likeness (QED) is 0.906. The van der Waals surface area contributed by atoms with Gasteiger partial charge in [0, 0.05) is 19.3 Å². The van der Waals surface area contributed by atoms with E-state index >= 15 is 0 Å². The van der Waals surface area contributed by atoms with Gasteiger partial charge in [-0.15, -0.1) is 0 Å². The lowest BCUT2D eigenvalue weighted by Gasteiger charge is -2.29. The number of amides is 1. The molecule has 0 unspecified atom stereocenters. The van der Waals surface area contributed by atoms with Gasteiger partial charge in [-0.05, 0) is 44.9 Å². The Morgan fingerprint density at radius 1 is 1.28 bits per heavy atom. The molecular weight excluding hydrogens is 322 g/mol. The summed E-state index contributed by atoms with van der Waals surface area (Å²) >= 11 is 0. The summed E-state index contributed by atoms with van der Waals surface area (Å²) in [5.74, 6) is -1.08. The number of aromatic carboxylic acids is 1. The smallest absolute Gasteiger partial charge is 0.410 e. The summed E-state index contributed by atoms with van der Waals surface area (Å²) in [6, 6.07) is 5.46. The molecule has 0 aliphatic carbocycles. The van der Waals surface area contributed by atoms with Crippen molar-refractivity contribution < 1.29 is 19.4 Å². The number of rotatable bonds is 2. The van der Waals surface area contributed by atoms with Gasteiger partial charge in [0.1, 0.15) is 5.60 Å². The molecule has 7 heteroatoms. The molecule has 0 bridgehead atoms. The van der Waals surface area contributed by atoms with E-state index in [-0.39, 0.29) is 11.9 Å². The first kappa shape index (κ1) is 17.0. The first-order valence-electron chi connectivity index (χ1n) is 8.14. The van der Waals surface area contributed by atoms with Crippen LogP contribution in [-0.4, -0.2) is 50.1 Å². The fourth-order valence-electron chi connectivity index (χ4n) is 2.80. The number of fused-ring (bicyclic) bond motifs is 1. The Bertz CT molecular complexity index is 861. The normalized spacial score (nSPS) is 15.2. The summed E-state index contributed by atoms with van der Waals surface area (Å²) in [6.07, 6.45) is 3.85. The van der Waals surface area contributed by atoms with E-state index in [1.807, 2.05) is 39.0 Å². The molecule has 2 aromatic rings. The van der Waals surface area contributed by atoms with Crippen LogP contribution in [0.3, 0.4) is 0 Å². The molecule has 1 amide bonds. The zero-order valence-electron chi connectivity index (χ0n) is 14.5. The van der Waals surface area contributed by atoms with Crippen molar-refractivity contribution in [2.45, 2.75) is 32.8 Å². The molecule has 0 saturated carbocycles. The van der Waals surface area contributed by atoms with Crippen LogP contribution in [0.25, 0.3) is 11.1 Å². The van der Waals surface area contributed by atoms with Gasteiger partial charge in [0.05, 0.1) is 11.2 Å². The van der Waals surface area contributed by atoms with Gasteiger partial charge >= 0.3 is 12.1 Å². The van der Waals surface area contributed by atoms with Gasteiger partial charge in [0.2, 0.25) is 5.82 Å².